The highest BCUT2D eigenvalue weighted by atomic mass is 16.5. The number of hydrogen-bond donors (Lipinski definition) is 3. The zero-order valence-corrected chi connectivity index (χ0v) is 22.4. The fourth-order valence-electron chi connectivity index (χ4n) is 5.89. The number of benzene rings is 2. The molecule has 37 heavy (non-hydrogen) atoms. The van der Waals surface area contributed by atoms with Crippen molar-refractivity contribution in [3.63, 3.8) is 0 Å². The van der Waals surface area contributed by atoms with Gasteiger partial charge < -0.3 is 30.6 Å². The second-order valence-electron chi connectivity index (χ2n) is 10.7. The van der Waals surface area contributed by atoms with E-state index in [2.05, 4.69) is 31.4 Å². The van der Waals surface area contributed by atoms with E-state index in [1.165, 1.54) is 25.7 Å². The maximum Gasteiger partial charge on any atom is 0.196 e. The lowest BCUT2D eigenvalue weighted by Crippen LogP contribution is -2.44. The number of carbonyl (C=O) groups excluding carboxylic acids is 1. The molecule has 7 heteroatoms. The number of ether oxygens (including phenoxy) is 3. The summed E-state index contributed by atoms with van der Waals surface area (Å²) in [4.78, 5) is 13.7. The number of rotatable bonds is 9. The van der Waals surface area contributed by atoms with Crippen molar-refractivity contribution in [2.45, 2.75) is 90.0 Å². The van der Waals surface area contributed by atoms with Gasteiger partial charge in [0, 0.05) is 34.8 Å². The van der Waals surface area contributed by atoms with Gasteiger partial charge in [-0.2, -0.15) is 0 Å². The Bertz CT molecular complexity index is 1120. The molecule has 0 bridgehead atoms. The van der Waals surface area contributed by atoms with Gasteiger partial charge in [0.1, 0.15) is 29.5 Å². The standard InChI is InChI=1S/C30H41N3O4/c1-4-16-35-24-17-25(37-19(3)22-12-6-8-15-33-22)29(31)28-27(24)26-20(30(28)34)10-9-13-23(26)36-18(2)21-11-5-7-14-32-21/h9-10,13,17-19,21-22,32-33H,4-8,11-12,14-16,31H2,1-3H3. The molecular formula is C30H41N3O4. The van der Waals surface area contributed by atoms with Crippen LogP contribution in [0.5, 0.6) is 17.2 Å². The van der Waals surface area contributed by atoms with E-state index in [1.54, 1.807) is 0 Å². The molecule has 200 valence electrons. The summed E-state index contributed by atoms with van der Waals surface area (Å²) in [6, 6.07) is 8.09. The molecule has 5 rings (SSSR count). The minimum Gasteiger partial charge on any atom is -0.493 e. The molecule has 2 aromatic carbocycles. The first-order chi connectivity index (χ1) is 18.0. The van der Waals surface area contributed by atoms with Crippen LogP contribution in [-0.4, -0.2) is 49.8 Å². The predicted molar refractivity (Wildman–Crippen MR) is 147 cm³/mol. The Morgan fingerprint density at radius 2 is 1.54 bits per heavy atom. The number of nitrogens with one attached hydrogen (secondary N) is 2. The molecule has 1 aliphatic carbocycles. The van der Waals surface area contributed by atoms with Crippen molar-refractivity contribution in [1.29, 1.82) is 0 Å². The van der Waals surface area contributed by atoms with Crippen LogP contribution in [0.3, 0.4) is 0 Å². The Labute approximate surface area is 220 Å². The minimum absolute atomic E-state index is 0.0326. The second-order valence-corrected chi connectivity index (χ2v) is 10.7. The van der Waals surface area contributed by atoms with Crippen LogP contribution in [0.2, 0.25) is 0 Å². The van der Waals surface area contributed by atoms with Gasteiger partial charge in [0.05, 0.1) is 17.9 Å². The van der Waals surface area contributed by atoms with Crippen LogP contribution in [0.25, 0.3) is 11.1 Å². The molecule has 0 saturated carbocycles. The van der Waals surface area contributed by atoms with Gasteiger partial charge in [-0.05, 0) is 65.1 Å². The fraction of sp³-hybridized carbons (Fsp3) is 0.567. The van der Waals surface area contributed by atoms with Crippen LogP contribution in [0.15, 0.2) is 24.3 Å². The van der Waals surface area contributed by atoms with Gasteiger partial charge in [0.25, 0.3) is 0 Å². The number of ketones is 1. The first-order valence-electron chi connectivity index (χ1n) is 14.1. The van der Waals surface area contributed by atoms with Gasteiger partial charge in [-0.15, -0.1) is 0 Å². The first kappa shape index (κ1) is 25.9. The Hall–Kier alpha value is -2.77. The molecule has 3 aliphatic rings. The van der Waals surface area contributed by atoms with Crippen LogP contribution in [0, 0.1) is 0 Å². The van der Waals surface area contributed by atoms with Gasteiger partial charge in [0.15, 0.2) is 5.78 Å². The summed E-state index contributed by atoms with van der Waals surface area (Å²) in [5.74, 6) is 1.72. The van der Waals surface area contributed by atoms with E-state index in [0.29, 0.717) is 40.7 Å². The predicted octanol–water partition coefficient (Wildman–Crippen LogP) is 5.09. The zero-order valence-electron chi connectivity index (χ0n) is 22.4. The Balaban J connectivity index is 1.52. The van der Waals surface area contributed by atoms with Gasteiger partial charge in [0.2, 0.25) is 0 Å². The number of piperidine rings is 2. The highest BCUT2D eigenvalue weighted by Crippen LogP contribution is 2.52. The van der Waals surface area contributed by atoms with Crippen molar-refractivity contribution in [2.24, 2.45) is 0 Å². The van der Waals surface area contributed by atoms with Crippen LogP contribution in [0.1, 0.15) is 81.6 Å². The quantitative estimate of drug-likeness (QED) is 0.347. The van der Waals surface area contributed by atoms with Gasteiger partial charge in [-0.25, -0.2) is 0 Å². The highest BCUT2D eigenvalue weighted by molar-refractivity contribution is 6.26. The molecule has 2 heterocycles. The largest absolute Gasteiger partial charge is 0.493 e. The van der Waals surface area contributed by atoms with E-state index in [4.69, 9.17) is 19.9 Å². The summed E-state index contributed by atoms with van der Waals surface area (Å²) >= 11 is 0. The van der Waals surface area contributed by atoms with E-state index in [0.717, 1.165) is 43.5 Å². The van der Waals surface area contributed by atoms with Crippen molar-refractivity contribution < 1.29 is 19.0 Å². The molecule has 7 nitrogen and oxygen atoms in total. The summed E-state index contributed by atoms with van der Waals surface area (Å²) < 4.78 is 19.1. The molecular weight excluding hydrogens is 466 g/mol. The van der Waals surface area contributed by atoms with Crippen LogP contribution < -0.4 is 30.6 Å². The normalized spacial score (nSPS) is 22.6. The molecule has 0 radical (unpaired) electrons. The summed E-state index contributed by atoms with van der Waals surface area (Å²) in [7, 11) is 0. The summed E-state index contributed by atoms with van der Waals surface area (Å²) in [6.45, 7) is 8.76. The minimum atomic E-state index is -0.105. The van der Waals surface area contributed by atoms with Gasteiger partial charge in [-0.1, -0.05) is 31.9 Å². The van der Waals surface area contributed by atoms with Crippen LogP contribution in [-0.2, 0) is 0 Å². The van der Waals surface area contributed by atoms with Gasteiger partial charge >= 0.3 is 0 Å². The number of anilines is 1. The third kappa shape index (κ3) is 5.16. The number of fused-ring (bicyclic) bond motifs is 3. The van der Waals surface area contributed by atoms with E-state index >= 15 is 0 Å². The topological polar surface area (TPSA) is 94.8 Å². The third-order valence-corrected chi connectivity index (χ3v) is 7.96. The lowest BCUT2D eigenvalue weighted by Gasteiger charge is -2.30. The third-order valence-electron chi connectivity index (χ3n) is 7.96. The fourth-order valence-corrected chi connectivity index (χ4v) is 5.89. The van der Waals surface area contributed by atoms with Crippen molar-refractivity contribution in [2.75, 3.05) is 25.4 Å². The summed E-state index contributed by atoms with van der Waals surface area (Å²) in [6.07, 6.45) is 7.64. The molecule has 0 amide bonds. The smallest absolute Gasteiger partial charge is 0.196 e. The van der Waals surface area contributed by atoms with Crippen molar-refractivity contribution in [1.82, 2.24) is 10.6 Å². The molecule has 4 N–H and O–H groups in total. The molecule has 4 atom stereocenters. The monoisotopic (exact) mass is 507 g/mol. The van der Waals surface area contributed by atoms with E-state index < -0.39 is 0 Å². The maximum absolute atomic E-state index is 13.7. The van der Waals surface area contributed by atoms with Crippen LogP contribution in [0.4, 0.5) is 5.69 Å². The lowest BCUT2D eigenvalue weighted by molar-refractivity contribution is 0.104. The first-order valence-corrected chi connectivity index (χ1v) is 14.1. The number of nitrogen functional groups attached to an aromatic ring is 1. The zero-order chi connectivity index (χ0) is 25.9. The molecule has 2 aromatic rings. The Kier molecular flexibility index (Phi) is 7.91. The number of nitrogens with two attached hydrogens (primary N) is 1. The highest BCUT2D eigenvalue weighted by Gasteiger charge is 2.37. The van der Waals surface area contributed by atoms with E-state index in [9.17, 15) is 4.79 Å². The van der Waals surface area contributed by atoms with Crippen molar-refractivity contribution >= 4 is 11.5 Å². The van der Waals surface area contributed by atoms with E-state index in [1.807, 2.05) is 24.3 Å². The summed E-state index contributed by atoms with van der Waals surface area (Å²) in [5.41, 5.74) is 9.60. The molecule has 2 aliphatic heterocycles. The Morgan fingerprint density at radius 1 is 0.892 bits per heavy atom. The maximum atomic E-state index is 13.7. The molecule has 0 spiro atoms. The van der Waals surface area contributed by atoms with Crippen LogP contribution >= 0.6 is 0 Å². The molecule has 4 unspecified atom stereocenters. The molecule has 2 saturated heterocycles. The second kappa shape index (κ2) is 11.3. The van der Waals surface area contributed by atoms with Gasteiger partial charge in [-0.3, -0.25) is 4.79 Å². The van der Waals surface area contributed by atoms with E-state index in [-0.39, 0.29) is 30.1 Å². The number of carbonyl (C=O) groups is 1. The van der Waals surface area contributed by atoms with Crippen molar-refractivity contribution in [3.05, 3.63) is 35.4 Å². The summed E-state index contributed by atoms with van der Waals surface area (Å²) in [5, 5.41) is 7.13. The molecule has 0 aromatic heterocycles. The van der Waals surface area contributed by atoms with Crippen molar-refractivity contribution in [3.8, 4) is 28.4 Å². The SMILES string of the molecule is CCCOc1cc(OC(C)C2CCCCN2)c(N)c2c1-c1c(OC(C)C3CCCCN3)cccc1C2=O. The lowest BCUT2D eigenvalue weighted by atomic mass is 9.99. The number of hydrogen-bond acceptors (Lipinski definition) is 7. The average molecular weight is 508 g/mol. The molecule has 2 fully saturated rings. The average Bonchev–Trinajstić information content (AvgIpc) is 3.24. The Morgan fingerprint density at radius 3 is 2.14 bits per heavy atom.